The number of hydrogen-bond donors (Lipinski definition) is 2. The molecule has 0 aromatic carbocycles. The minimum atomic E-state index is 0.0867. The monoisotopic (exact) mass is 251 g/mol. The molecule has 3 N–H and O–H groups in total. The van der Waals surface area contributed by atoms with E-state index in [2.05, 4.69) is 31.1 Å². The largest absolute Gasteiger partial charge is 0.383 e. The third-order valence-electron chi connectivity index (χ3n) is 2.98. The van der Waals surface area contributed by atoms with Crippen molar-refractivity contribution in [1.29, 1.82) is 0 Å². The number of ether oxygens (including phenoxy) is 1. The Kier molecular flexibility index (Phi) is 6.09. The zero-order valence-corrected chi connectivity index (χ0v) is 11.8. The summed E-state index contributed by atoms with van der Waals surface area (Å²) in [4.78, 5) is 4.17. The van der Waals surface area contributed by atoms with Gasteiger partial charge in [0.25, 0.3) is 0 Å². The van der Waals surface area contributed by atoms with Crippen LogP contribution in [-0.4, -0.2) is 24.2 Å². The van der Waals surface area contributed by atoms with Gasteiger partial charge in [-0.3, -0.25) is 0 Å². The van der Waals surface area contributed by atoms with E-state index in [9.17, 15) is 0 Å². The van der Waals surface area contributed by atoms with Gasteiger partial charge in [-0.2, -0.15) is 0 Å². The molecule has 0 fully saturated rings. The van der Waals surface area contributed by atoms with E-state index in [0.717, 1.165) is 12.1 Å². The van der Waals surface area contributed by atoms with E-state index in [4.69, 9.17) is 10.5 Å². The lowest BCUT2D eigenvalue weighted by Gasteiger charge is -2.31. The highest BCUT2D eigenvalue weighted by Gasteiger charge is 2.27. The van der Waals surface area contributed by atoms with E-state index in [1.54, 1.807) is 6.20 Å². The molecule has 18 heavy (non-hydrogen) atoms. The van der Waals surface area contributed by atoms with Gasteiger partial charge in [0.15, 0.2) is 0 Å². The fourth-order valence-electron chi connectivity index (χ4n) is 2.18. The van der Waals surface area contributed by atoms with Crippen LogP contribution in [0.4, 0.5) is 5.82 Å². The molecule has 1 rings (SSSR count). The second-order valence-electron chi connectivity index (χ2n) is 4.68. The smallest absolute Gasteiger partial charge is 0.128 e. The van der Waals surface area contributed by atoms with Crippen molar-refractivity contribution >= 4 is 5.82 Å². The number of aromatic nitrogens is 1. The SMILES string of the molecule is CCNC(c1cccnc1N)C(OCC)C(C)C. The highest BCUT2D eigenvalue weighted by atomic mass is 16.5. The summed E-state index contributed by atoms with van der Waals surface area (Å²) in [5.74, 6) is 0.988. The Hall–Kier alpha value is -1.13. The first-order valence-corrected chi connectivity index (χ1v) is 6.67. The van der Waals surface area contributed by atoms with Crippen LogP contribution in [0.3, 0.4) is 0 Å². The van der Waals surface area contributed by atoms with E-state index in [-0.39, 0.29) is 12.1 Å². The van der Waals surface area contributed by atoms with Crippen LogP contribution in [0, 0.1) is 5.92 Å². The first-order chi connectivity index (χ1) is 8.61. The van der Waals surface area contributed by atoms with Crippen molar-refractivity contribution in [3.8, 4) is 0 Å². The number of rotatable bonds is 7. The van der Waals surface area contributed by atoms with Crippen molar-refractivity contribution in [2.24, 2.45) is 5.92 Å². The summed E-state index contributed by atoms with van der Waals surface area (Å²) < 4.78 is 5.88. The first kappa shape index (κ1) is 14.9. The van der Waals surface area contributed by atoms with E-state index < -0.39 is 0 Å². The molecule has 0 radical (unpaired) electrons. The average molecular weight is 251 g/mol. The summed E-state index contributed by atoms with van der Waals surface area (Å²) in [5, 5.41) is 3.46. The third-order valence-corrected chi connectivity index (χ3v) is 2.98. The minimum absolute atomic E-state index is 0.0867. The maximum atomic E-state index is 5.98. The Morgan fingerprint density at radius 3 is 2.61 bits per heavy atom. The molecule has 102 valence electrons. The second kappa shape index (κ2) is 7.34. The van der Waals surface area contributed by atoms with Gasteiger partial charge in [-0.05, 0) is 25.5 Å². The topological polar surface area (TPSA) is 60.2 Å². The summed E-state index contributed by atoms with van der Waals surface area (Å²) >= 11 is 0. The van der Waals surface area contributed by atoms with E-state index in [1.165, 1.54) is 0 Å². The predicted octanol–water partition coefficient (Wildman–Crippen LogP) is 2.38. The molecule has 0 bridgehead atoms. The quantitative estimate of drug-likeness (QED) is 0.781. The molecule has 1 aromatic rings. The van der Waals surface area contributed by atoms with E-state index in [1.807, 2.05) is 19.1 Å². The molecule has 4 heteroatoms. The van der Waals surface area contributed by atoms with E-state index in [0.29, 0.717) is 18.3 Å². The lowest BCUT2D eigenvalue weighted by molar-refractivity contribution is 0.00328. The Labute approximate surface area is 110 Å². The van der Waals surface area contributed by atoms with Crippen LogP contribution in [0.1, 0.15) is 39.3 Å². The van der Waals surface area contributed by atoms with Gasteiger partial charge in [0.2, 0.25) is 0 Å². The number of likely N-dealkylation sites (N-methyl/N-ethyl adjacent to an activating group) is 1. The molecular formula is C14H25N3O. The molecule has 0 aliphatic carbocycles. The van der Waals surface area contributed by atoms with Crippen LogP contribution in [0.5, 0.6) is 0 Å². The molecule has 0 amide bonds. The standard InChI is InChI=1S/C14H25N3O/c1-5-16-12(13(10(3)4)18-6-2)11-8-7-9-17-14(11)15/h7-10,12-13,16H,5-6H2,1-4H3,(H2,15,17). The highest BCUT2D eigenvalue weighted by Crippen LogP contribution is 2.27. The van der Waals surface area contributed by atoms with Crippen LogP contribution in [-0.2, 0) is 4.74 Å². The summed E-state index contributed by atoms with van der Waals surface area (Å²) in [7, 11) is 0. The molecule has 2 unspecified atom stereocenters. The molecule has 0 spiro atoms. The van der Waals surface area contributed by atoms with Gasteiger partial charge in [-0.15, -0.1) is 0 Å². The number of anilines is 1. The van der Waals surface area contributed by atoms with Gasteiger partial charge in [0, 0.05) is 18.4 Å². The zero-order valence-electron chi connectivity index (χ0n) is 11.8. The number of nitrogens with zero attached hydrogens (tertiary/aromatic N) is 1. The van der Waals surface area contributed by atoms with E-state index >= 15 is 0 Å². The summed E-state index contributed by atoms with van der Waals surface area (Å²) in [6.45, 7) is 10.0. The molecule has 1 heterocycles. The van der Waals surface area contributed by atoms with Gasteiger partial charge in [-0.25, -0.2) is 4.98 Å². The van der Waals surface area contributed by atoms with Crippen LogP contribution >= 0.6 is 0 Å². The summed E-state index contributed by atoms with van der Waals surface area (Å²) in [5.41, 5.74) is 7.00. The number of nitrogens with two attached hydrogens (primary N) is 1. The Balaban J connectivity index is 3.03. The van der Waals surface area contributed by atoms with Gasteiger partial charge < -0.3 is 15.8 Å². The Morgan fingerprint density at radius 1 is 1.39 bits per heavy atom. The van der Waals surface area contributed by atoms with Gasteiger partial charge in [-0.1, -0.05) is 26.8 Å². The van der Waals surface area contributed by atoms with Crippen LogP contribution in [0.2, 0.25) is 0 Å². The predicted molar refractivity (Wildman–Crippen MR) is 75.3 cm³/mol. The molecule has 0 saturated carbocycles. The van der Waals surface area contributed by atoms with Crippen molar-refractivity contribution in [2.45, 2.75) is 39.8 Å². The highest BCUT2D eigenvalue weighted by molar-refractivity contribution is 5.41. The summed E-state index contributed by atoms with van der Waals surface area (Å²) in [6, 6.07) is 4.02. The van der Waals surface area contributed by atoms with Crippen LogP contribution < -0.4 is 11.1 Å². The Bertz CT molecular complexity index is 355. The van der Waals surface area contributed by atoms with Crippen LogP contribution in [0.15, 0.2) is 18.3 Å². The second-order valence-corrected chi connectivity index (χ2v) is 4.68. The third kappa shape index (κ3) is 3.68. The summed E-state index contributed by atoms with van der Waals surface area (Å²) in [6.07, 6.45) is 1.81. The molecule has 0 aliphatic rings. The van der Waals surface area contributed by atoms with Crippen molar-refractivity contribution in [2.75, 3.05) is 18.9 Å². The number of hydrogen-bond acceptors (Lipinski definition) is 4. The maximum absolute atomic E-state index is 5.98. The fraction of sp³-hybridized carbons (Fsp3) is 0.643. The molecule has 0 aliphatic heterocycles. The van der Waals surface area contributed by atoms with Crippen molar-refractivity contribution in [1.82, 2.24) is 10.3 Å². The molecule has 2 atom stereocenters. The fourth-order valence-corrected chi connectivity index (χ4v) is 2.18. The zero-order chi connectivity index (χ0) is 13.5. The van der Waals surface area contributed by atoms with Crippen molar-refractivity contribution in [3.05, 3.63) is 23.9 Å². The van der Waals surface area contributed by atoms with Gasteiger partial charge in [0.1, 0.15) is 5.82 Å². The van der Waals surface area contributed by atoms with Crippen LogP contribution in [0.25, 0.3) is 0 Å². The van der Waals surface area contributed by atoms with Gasteiger partial charge in [0.05, 0.1) is 12.1 Å². The Morgan fingerprint density at radius 2 is 2.11 bits per heavy atom. The number of pyridine rings is 1. The molecule has 4 nitrogen and oxygen atoms in total. The molecule has 0 saturated heterocycles. The molecule has 1 aromatic heterocycles. The first-order valence-electron chi connectivity index (χ1n) is 6.67. The number of nitrogen functional groups attached to an aromatic ring is 1. The van der Waals surface area contributed by atoms with Crippen molar-refractivity contribution < 1.29 is 4.74 Å². The molecular weight excluding hydrogens is 226 g/mol. The lowest BCUT2D eigenvalue weighted by Crippen LogP contribution is -2.37. The minimum Gasteiger partial charge on any atom is -0.383 e. The lowest BCUT2D eigenvalue weighted by atomic mass is 9.93. The maximum Gasteiger partial charge on any atom is 0.128 e. The number of nitrogens with one attached hydrogen (secondary N) is 1. The normalized spacial score (nSPS) is 14.7. The van der Waals surface area contributed by atoms with Gasteiger partial charge >= 0.3 is 0 Å². The van der Waals surface area contributed by atoms with Crippen molar-refractivity contribution in [3.63, 3.8) is 0 Å². The average Bonchev–Trinajstić information content (AvgIpc) is 2.34.